The van der Waals surface area contributed by atoms with E-state index in [0.717, 1.165) is 0 Å². The molecule has 7 heteroatoms. The number of aldehydes is 1. The van der Waals surface area contributed by atoms with Crippen LogP contribution in [-0.4, -0.2) is 28.2 Å². The van der Waals surface area contributed by atoms with E-state index >= 15 is 0 Å². The highest BCUT2D eigenvalue weighted by Gasteiger charge is 2.25. The number of aromatic nitrogens is 1. The molecular weight excluding hydrogens is 324 g/mol. The highest BCUT2D eigenvalue weighted by Crippen LogP contribution is 2.34. The average Bonchev–Trinajstić information content (AvgIpc) is 2.96. The number of hydrogen-bond acceptors (Lipinski definition) is 5. The Bertz CT molecular complexity index is 973. The summed E-state index contributed by atoms with van der Waals surface area (Å²) in [4.78, 5) is 34.5. The highest BCUT2D eigenvalue weighted by molar-refractivity contribution is 6.09. The van der Waals surface area contributed by atoms with Gasteiger partial charge in [-0.3, -0.25) is 14.9 Å². The number of ether oxygens (including phenoxy) is 1. The number of nitro benzene ring substituents is 1. The highest BCUT2D eigenvalue weighted by atomic mass is 16.6. The van der Waals surface area contributed by atoms with Crippen molar-refractivity contribution < 1.29 is 19.2 Å². The van der Waals surface area contributed by atoms with Crippen LogP contribution in [-0.2, 0) is 4.74 Å². The van der Waals surface area contributed by atoms with Crippen LogP contribution < -0.4 is 0 Å². The summed E-state index contributed by atoms with van der Waals surface area (Å²) >= 11 is 0. The lowest BCUT2D eigenvalue weighted by molar-refractivity contribution is -0.384. The molecule has 0 bridgehead atoms. The van der Waals surface area contributed by atoms with Crippen LogP contribution in [0.1, 0.15) is 27.8 Å². The number of carbonyl (C=O) groups excluding carboxylic acids is 2. The van der Waals surface area contributed by atoms with Gasteiger partial charge in [-0.2, -0.15) is 0 Å². The number of benzene rings is 1. The number of carbonyl (C=O) groups is 2. The predicted molar refractivity (Wildman–Crippen MR) is 90.8 cm³/mol. The molecule has 3 aromatic rings. The molecule has 0 radical (unpaired) electrons. The van der Waals surface area contributed by atoms with Gasteiger partial charge in [-0.15, -0.1) is 0 Å². The summed E-state index contributed by atoms with van der Waals surface area (Å²) in [5.74, 6) is -0.548. The molecule has 0 unspecified atom stereocenters. The summed E-state index contributed by atoms with van der Waals surface area (Å²) in [5, 5.41) is 10.8. The summed E-state index contributed by atoms with van der Waals surface area (Å²) < 4.78 is 6.75. The maximum atomic E-state index is 12.5. The van der Waals surface area contributed by atoms with Crippen molar-refractivity contribution in [3.8, 4) is 11.1 Å². The molecule has 0 aliphatic carbocycles. The van der Waals surface area contributed by atoms with Gasteiger partial charge in [-0.1, -0.05) is 6.07 Å². The fourth-order valence-corrected chi connectivity index (χ4v) is 2.80. The van der Waals surface area contributed by atoms with Crippen molar-refractivity contribution >= 4 is 23.5 Å². The van der Waals surface area contributed by atoms with E-state index in [0.29, 0.717) is 22.9 Å². The molecule has 0 amide bonds. The Morgan fingerprint density at radius 1 is 1.24 bits per heavy atom. The van der Waals surface area contributed by atoms with Gasteiger partial charge in [-0.05, 0) is 36.8 Å². The van der Waals surface area contributed by atoms with E-state index in [1.807, 2.05) is 0 Å². The van der Waals surface area contributed by atoms with E-state index < -0.39 is 10.9 Å². The minimum Gasteiger partial charge on any atom is -0.462 e. The number of non-ortho nitro benzene ring substituents is 1. The minimum absolute atomic E-state index is 0.0714. The standard InChI is InChI=1S/C18H14N2O5/c1-2-25-18(22)17-14-5-3-4-10-19(14)15(11-21)16(17)12-6-8-13(9-7-12)20(23)24/h3-11H,2H2,1H3. The van der Waals surface area contributed by atoms with Crippen molar-refractivity contribution in [2.75, 3.05) is 6.61 Å². The Morgan fingerprint density at radius 2 is 1.96 bits per heavy atom. The molecule has 0 atom stereocenters. The van der Waals surface area contributed by atoms with E-state index in [-0.39, 0.29) is 23.6 Å². The third-order valence-electron chi connectivity index (χ3n) is 3.84. The first kappa shape index (κ1) is 16.4. The molecular formula is C18H14N2O5. The SMILES string of the molecule is CCOC(=O)c1c(-c2ccc([N+](=O)[O-])cc2)c(C=O)n2ccccc12. The molecule has 0 fully saturated rings. The third kappa shape index (κ3) is 2.76. The smallest absolute Gasteiger partial charge is 0.340 e. The zero-order valence-electron chi connectivity index (χ0n) is 13.3. The molecule has 126 valence electrons. The topological polar surface area (TPSA) is 90.9 Å². The van der Waals surface area contributed by atoms with Gasteiger partial charge in [0.15, 0.2) is 6.29 Å². The van der Waals surface area contributed by atoms with E-state index in [1.54, 1.807) is 35.7 Å². The van der Waals surface area contributed by atoms with E-state index in [4.69, 9.17) is 4.74 Å². The van der Waals surface area contributed by atoms with Crippen molar-refractivity contribution in [1.29, 1.82) is 0 Å². The second-order valence-corrected chi connectivity index (χ2v) is 5.23. The van der Waals surface area contributed by atoms with Crippen LogP contribution in [0.15, 0.2) is 48.7 Å². The Morgan fingerprint density at radius 3 is 2.56 bits per heavy atom. The van der Waals surface area contributed by atoms with Crippen LogP contribution in [0.25, 0.3) is 16.6 Å². The van der Waals surface area contributed by atoms with Crippen LogP contribution in [0.3, 0.4) is 0 Å². The maximum Gasteiger partial charge on any atom is 0.340 e. The Labute approximate surface area is 142 Å². The van der Waals surface area contributed by atoms with Gasteiger partial charge < -0.3 is 9.14 Å². The maximum absolute atomic E-state index is 12.5. The molecule has 0 aliphatic heterocycles. The van der Waals surface area contributed by atoms with Gasteiger partial charge in [0.2, 0.25) is 0 Å². The number of esters is 1. The first-order chi connectivity index (χ1) is 12.1. The number of rotatable bonds is 5. The van der Waals surface area contributed by atoms with Crippen LogP contribution in [0.2, 0.25) is 0 Å². The molecule has 0 spiro atoms. The van der Waals surface area contributed by atoms with Gasteiger partial charge in [0.25, 0.3) is 5.69 Å². The first-order valence-electron chi connectivity index (χ1n) is 7.58. The molecule has 2 aromatic heterocycles. The molecule has 1 aromatic carbocycles. The van der Waals surface area contributed by atoms with Crippen molar-refractivity contribution in [3.05, 3.63) is 70.0 Å². The second-order valence-electron chi connectivity index (χ2n) is 5.23. The van der Waals surface area contributed by atoms with Crippen LogP contribution in [0.5, 0.6) is 0 Å². The van der Waals surface area contributed by atoms with Gasteiger partial charge >= 0.3 is 5.97 Å². The predicted octanol–water partition coefficient (Wildman–Crippen LogP) is 3.50. The third-order valence-corrected chi connectivity index (χ3v) is 3.84. The van der Waals surface area contributed by atoms with Gasteiger partial charge in [0, 0.05) is 23.9 Å². The molecule has 0 saturated heterocycles. The summed E-state index contributed by atoms with van der Waals surface area (Å²) in [6.07, 6.45) is 2.34. The molecule has 0 N–H and O–H groups in total. The summed E-state index contributed by atoms with van der Waals surface area (Å²) in [6, 6.07) is 10.9. The molecule has 7 nitrogen and oxygen atoms in total. The average molecular weight is 338 g/mol. The van der Waals surface area contributed by atoms with Gasteiger partial charge in [0.05, 0.1) is 28.3 Å². The first-order valence-corrected chi connectivity index (χ1v) is 7.58. The van der Waals surface area contributed by atoms with Crippen LogP contribution in [0, 0.1) is 10.1 Å². The number of nitrogens with zero attached hydrogens (tertiary/aromatic N) is 2. The number of fused-ring (bicyclic) bond motifs is 1. The van der Waals surface area contributed by atoms with E-state index in [2.05, 4.69) is 0 Å². The molecule has 0 saturated carbocycles. The lowest BCUT2D eigenvalue weighted by Gasteiger charge is -2.05. The molecule has 0 aliphatic rings. The molecule has 3 rings (SSSR count). The van der Waals surface area contributed by atoms with Crippen LogP contribution in [0.4, 0.5) is 5.69 Å². The zero-order chi connectivity index (χ0) is 18.0. The van der Waals surface area contributed by atoms with Crippen molar-refractivity contribution in [2.24, 2.45) is 0 Å². The monoisotopic (exact) mass is 338 g/mol. The number of hydrogen-bond donors (Lipinski definition) is 0. The van der Waals surface area contributed by atoms with E-state index in [1.165, 1.54) is 24.3 Å². The largest absolute Gasteiger partial charge is 0.462 e. The Kier molecular flexibility index (Phi) is 4.30. The molecule has 25 heavy (non-hydrogen) atoms. The van der Waals surface area contributed by atoms with Gasteiger partial charge in [-0.25, -0.2) is 4.79 Å². The van der Waals surface area contributed by atoms with Crippen LogP contribution >= 0.6 is 0 Å². The Hall–Kier alpha value is -3.48. The quantitative estimate of drug-likeness (QED) is 0.307. The Balaban J connectivity index is 2.31. The molecule has 2 heterocycles. The number of pyridine rings is 1. The second kappa shape index (κ2) is 6.56. The van der Waals surface area contributed by atoms with Crippen molar-refractivity contribution in [1.82, 2.24) is 4.40 Å². The van der Waals surface area contributed by atoms with E-state index in [9.17, 15) is 19.7 Å². The lowest BCUT2D eigenvalue weighted by Crippen LogP contribution is -2.05. The summed E-state index contributed by atoms with van der Waals surface area (Å²) in [7, 11) is 0. The normalized spacial score (nSPS) is 10.6. The summed E-state index contributed by atoms with van der Waals surface area (Å²) in [5.41, 5.74) is 1.94. The summed E-state index contributed by atoms with van der Waals surface area (Å²) in [6.45, 7) is 1.89. The zero-order valence-corrected chi connectivity index (χ0v) is 13.3. The van der Waals surface area contributed by atoms with Crippen molar-refractivity contribution in [2.45, 2.75) is 6.92 Å². The van der Waals surface area contributed by atoms with Gasteiger partial charge in [0.1, 0.15) is 0 Å². The van der Waals surface area contributed by atoms with Crippen molar-refractivity contribution in [3.63, 3.8) is 0 Å². The number of nitro groups is 1. The lowest BCUT2D eigenvalue weighted by atomic mass is 10.0. The fourth-order valence-electron chi connectivity index (χ4n) is 2.80. The minimum atomic E-state index is -0.548. The fraction of sp³-hybridized carbons (Fsp3) is 0.111.